The Bertz CT molecular complexity index is 771. The number of rotatable bonds is 6. The first kappa shape index (κ1) is 15.8. The first-order valence-corrected chi connectivity index (χ1v) is 8.06. The van der Waals surface area contributed by atoms with Crippen molar-refractivity contribution in [3.05, 3.63) is 72.8 Å². The van der Waals surface area contributed by atoms with Crippen LogP contribution in [0.15, 0.2) is 72.1 Å². The molecule has 0 atom stereocenters. The topological polar surface area (TPSA) is 75.3 Å². The van der Waals surface area contributed by atoms with E-state index in [4.69, 9.17) is 0 Å². The van der Waals surface area contributed by atoms with E-state index in [1.165, 1.54) is 12.1 Å². The molecule has 0 aliphatic carbocycles. The molecular weight excluding hydrogens is 300 g/mol. The van der Waals surface area contributed by atoms with Gasteiger partial charge >= 0.3 is 0 Å². The maximum absolute atomic E-state index is 12.3. The van der Waals surface area contributed by atoms with Crippen LogP contribution in [0, 0.1) is 0 Å². The van der Waals surface area contributed by atoms with Gasteiger partial charge in [0.2, 0.25) is 5.91 Å². The summed E-state index contributed by atoms with van der Waals surface area (Å²) in [7, 11) is -3.66. The molecule has 0 aliphatic heterocycles. The Labute approximate surface area is 129 Å². The average molecular weight is 316 g/mol. The minimum absolute atomic E-state index is 0.140. The quantitative estimate of drug-likeness (QED) is 0.803. The normalized spacial score (nSPS) is 10.7. The van der Waals surface area contributed by atoms with E-state index in [0.717, 1.165) is 6.08 Å². The Morgan fingerprint density at radius 1 is 1.09 bits per heavy atom. The van der Waals surface area contributed by atoms with Gasteiger partial charge in [0.15, 0.2) is 0 Å². The van der Waals surface area contributed by atoms with E-state index in [0.29, 0.717) is 11.3 Å². The summed E-state index contributed by atoms with van der Waals surface area (Å²) in [5, 5.41) is 2.60. The minimum atomic E-state index is -3.66. The van der Waals surface area contributed by atoms with Gasteiger partial charge in [0, 0.05) is 12.2 Å². The van der Waals surface area contributed by atoms with Crippen molar-refractivity contribution < 1.29 is 13.2 Å². The van der Waals surface area contributed by atoms with Crippen LogP contribution in [-0.4, -0.2) is 14.3 Å². The molecule has 2 rings (SSSR count). The fourth-order valence-electron chi connectivity index (χ4n) is 1.80. The van der Waals surface area contributed by atoms with Gasteiger partial charge in [-0.2, -0.15) is 0 Å². The highest BCUT2D eigenvalue weighted by molar-refractivity contribution is 7.92. The van der Waals surface area contributed by atoms with Crippen LogP contribution in [0.2, 0.25) is 0 Å². The molecule has 114 valence electrons. The summed E-state index contributed by atoms with van der Waals surface area (Å²) in [6.45, 7) is 3.59. The van der Waals surface area contributed by atoms with E-state index < -0.39 is 10.0 Å². The summed E-state index contributed by atoms with van der Waals surface area (Å²) in [6.07, 6.45) is 1.16. The number of carbonyl (C=O) groups is 1. The van der Waals surface area contributed by atoms with Crippen LogP contribution >= 0.6 is 0 Å². The number of sulfonamides is 1. The van der Waals surface area contributed by atoms with Crippen molar-refractivity contribution in [3.8, 4) is 0 Å². The molecule has 0 unspecified atom stereocenters. The van der Waals surface area contributed by atoms with Gasteiger partial charge in [-0.25, -0.2) is 8.42 Å². The molecule has 2 aromatic rings. The number of para-hydroxylation sites is 1. The number of benzene rings is 2. The first-order chi connectivity index (χ1) is 10.5. The lowest BCUT2D eigenvalue weighted by Crippen LogP contribution is -2.20. The fourth-order valence-corrected chi connectivity index (χ4v) is 2.93. The summed E-state index contributed by atoms with van der Waals surface area (Å²) in [5.41, 5.74) is 1.18. The molecule has 2 N–H and O–H groups in total. The highest BCUT2D eigenvalue weighted by atomic mass is 32.2. The van der Waals surface area contributed by atoms with Crippen LogP contribution in [0.4, 0.5) is 5.69 Å². The fraction of sp³-hybridized carbons (Fsp3) is 0.0625. The molecule has 0 aromatic heterocycles. The summed E-state index contributed by atoms with van der Waals surface area (Å²) < 4.78 is 27.2. The van der Waals surface area contributed by atoms with Gasteiger partial charge in [-0.05, 0) is 35.9 Å². The monoisotopic (exact) mass is 316 g/mol. The van der Waals surface area contributed by atoms with E-state index in [2.05, 4.69) is 16.6 Å². The highest BCUT2D eigenvalue weighted by Gasteiger charge is 2.14. The maximum Gasteiger partial charge on any atom is 0.261 e. The number of hydrogen-bond donors (Lipinski definition) is 2. The van der Waals surface area contributed by atoms with Crippen molar-refractivity contribution in [1.29, 1.82) is 0 Å². The van der Waals surface area contributed by atoms with Crippen LogP contribution in [0.5, 0.6) is 0 Å². The molecule has 0 radical (unpaired) electrons. The molecule has 0 heterocycles. The second-order valence-corrected chi connectivity index (χ2v) is 6.22. The molecule has 0 saturated heterocycles. The molecule has 0 aliphatic rings. The lowest BCUT2D eigenvalue weighted by molar-refractivity contribution is -0.116. The third-order valence-corrected chi connectivity index (χ3v) is 4.27. The SMILES string of the molecule is C=CC(=O)NCc1cccc(S(=O)(=O)Nc2ccccc2)c1. The first-order valence-electron chi connectivity index (χ1n) is 6.58. The van der Waals surface area contributed by atoms with Gasteiger partial charge < -0.3 is 5.32 Å². The second kappa shape index (κ2) is 6.91. The van der Waals surface area contributed by atoms with E-state index in [1.807, 2.05) is 0 Å². The maximum atomic E-state index is 12.3. The number of amides is 1. The van der Waals surface area contributed by atoms with E-state index in [1.54, 1.807) is 42.5 Å². The summed E-state index contributed by atoms with van der Waals surface area (Å²) in [6, 6.07) is 15.1. The van der Waals surface area contributed by atoms with Gasteiger partial charge in [-0.3, -0.25) is 9.52 Å². The zero-order chi connectivity index (χ0) is 16.0. The van der Waals surface area contributed by atoms with Crippen molar-refractivity contribution in [3.63, 3.8) is 0 Å². The van der Waals surface area contributed by atoms with Crippen molar-refractivity contribution in [2.75, 3.05) is 4.72 Å². The molecule has 5 nitrogen and oxygen atoms in total. The van der Waals surface area contributed by atoms with Crippen LogP contribution < -0.4 is 10.0 Å². The van der Waals surface area contributed by atoms with Crippen LogP contribution in [0.1, 0.15) is 5.56 Å². The Morgan fingerprint density at radius 2 is 1.82 bits per heavy atom. The summed E-state index contributed by atoms with van der Waals surface area (Å²) in [5.74, 6) is -0.310. The molecule has 0 bridgehead atoms. The van der Waals surface area contributed by atoms with Gasteiger partial charge in [0.25, 0.3) is 10.0 Å². The van der Waals surface area contributed by atoms with Gasteiger partial charge in [-0.1, -0.05) is 36.9 Å². The van der Waals surface area contributed by atoms with Crippen LogP contribution in [-0.2, 0) is 21.4 Å². The number of hydrogen-bond acceptors (Lipinski definition) is 3. The number of carbonyl (C=O) groups excluding carboxylic acids is 1. The molecule has 0 saturated carbocycles. The van der Waals surface area contributed by atoms with Gasteiger partial charge in [-0.15, -0.1) is 0 Å². The third-order valence-electron chi connectivity index (χ3n) is 2.89. The Hall–Kier alpha value is -2.60. The zero-order valence-corrected chi connectivity index (χ0v) is 12.6. The van der Waals surface area contributed by atoms with Gasteiger partial charge in [0.1, 0.15) is 0 Å². The largest absolute Gasteiger partial charge is 0.348 e. The molecule has 22 heavy (non-hydrogen) atoms. The predicted octanol–water partition coefficient (Wildman–Crippen LogP) is 2.29. The molecule has 6 heteroatoms. The molecule has 0 spiro atoms. The Kier molecular flexibility index (Phi) is 4.95. The molecular formula is C16H16N2O3S. The lowest BCUT2D eigenvalue weighted by atomic mass is 10.2. The lowest BCUT2D eigenvalue weighted by Gasteiger charge is -2.09. The summed E-state index contributed by atoms with van der Waals surface area (Å²) >= 11 is 0. The minimum Gasteiger partial charge on any atom is -0.348 e. The average Bonchev–Trinajstić information content (AvgIpc) is 2.53. The van der Waals surface area contributed by atoms with Crippen molar-refractivity contribution in [2.45, 2.75) is 11.4 Å². The van der Waals surface area contributed by atoms with Crippen molar-refractivity contribution >= 4 is 21.6 Å². The molecule has 1 amide bonds. The van der Waals surface area contributed by atoms with E-state index in [-0.39, 0.29) is 17.3 Å². The van der Waals surface area contributed by atoms with E-state index >= 15 is 0 Å². The van der Waals surface area contributed by atoms with Crippen molar-refractivity contribution in [1.82, 2.24) is 5.32 Å². The van der Waals surface area contributed by atoms with Crippen LogP contribution in [0.3, 0.4) is 0 Å². The highest BCUT2D eigenvalue weighted by Crippen LogP contribution is 2.16. The van der Waals surface area contributed by atoms with Crippen LogP contribution in [0.25, 0.3) is 0 Å². The Morgan fingerprint density at radius 3 is 2.50 bits per heavy atom. The van der Waals surface area contributed by atoms with Gasteiger partial charge in [0.05, 0.1) is 4.90 Å². The third kappa shape index (κ3) is 4.20. The predicted molar refractivity (Wildman–Crippen MR) is 85.7 cm³/mol. The smallest absolute Gasteiger partial charge is 0.261 e. The molecule has 2 aromatic carbocycles. The van der Waals surface area contributed by atoms with E-state index in [9.17, 15) is 13.2 Å². The van der Waals surface area contributed by atoms with Crippen molar-refractivity contribution in [2.24, 2.45) is 0 Å². The number of anilines is 1. The summed E-state index contributed by atoms with van der Waals surface area (Å²) in [4.78, 5) is 11.3. The second-order valence-electron chi connectivity index (χ2n) is 4.54. The molecule has 0 fully saturated rings. The number of nitrogens with one attached hydrogen (secondary N) is 2. The Balaban J connectivity index is 2.17. The zero-order valence-electron chi connectivity index (χ0n) is 11.8. The standard InChI is InChI=1S/C16H16N2O3S/c1-2-16(19)17-12-13-7-6-10-15(11-13)22(20,21)18-14-8-4-3-5-9-14/h2-11,18H,1,12H2,(H,17,19).